The quantitative estimate of drug-likeness (QED) is 0.149. The molecule has 0 saturated carbocycles. The van der Waals surface area contributed by atoms with Gasteiger partial charge in [0.1, 0.15) is 11.2 Å². The number of benzene rings is 11. The summed E-state index contributed by atoms with van der Waals surface area (Å²) in [5.41, 5.74) is 15.5. The normalized spacial score (nSPS) is 11.7. The monoisotopic (exact) mass is 828 g/mol. The van der Waals surface area contributed by atoms with Gasteiger partial charge in [0.15, 0.2) is 0 Å². The van der Waals surface area contributed by atoms with Gasteiger partial charge in [-0.25, -0.2) is 0 Å². The van der Waals surface area contributed by atoms with E-state index >= 15 is 0 Å². The van der Waals surface area contributed by atoms with Crippen molar-refractivity contribution in [2.75, 3.05) is 4.90 Å². The first-order valence-electron chi connectivity index (χ1n) is 22.2. The van der Waals surface area contributed by atoms with Crippen LogP contribution >= 0.6 is 0 Å². The summed E-state index contributed by atoms with van der Waals surface area (Å²) in [5.74, 6) is 0. The molecular formula is C62H40N2O. The Labute approximate surface area is 376 Å². The third-order valence-electron chi connectivity index (χ3n) is 13.2. The number of nitrogens with zero attached hydrogens (tertiary/aromatic N) is 2. The molecule has 0 aliphatic rings. The van der Waals surface area contributed by atoms with E-state index in [0.29, 0.717) is 0 Å². The molecule has 0 aliphatic carbocycles. The molecule has 0 radical (unpaired) electrons. The zero-order chi connectivity index (χ0) is 42.8. The van der Waals surface area contributed by atoms with Crippen molar-refractivity contribution in [1.29, 1.82) is 0 Å². The Morgan fingerprint density at radius 2 is 0.862 bits per heavy atom. The summed E-state index contributed by atoms with van der Waals surface area (Å²) in [4.78, 5) is 2.38. The zero-order valence-electron chi connectivity index (χ0n) is 35.4. The first-order chi connectivity index (χ1) is 32.2. The molecule has 3 heteroatoms. The molecule has 3 nitrogen and oxygen atoms in total. The molecule has 0 aliphatic heterocycles. The highest BCUT2D eigenvalue weighted by molar-refractivity contribution is 6.12. The van der Waals surface area contributed by atoms with Gasteiger partial charge in [0, 0.05) is 49.9 Å². The molecule has 65 heavy (non-hydrogen) atoms. The minimum atomic E-state index is 0.888. The topological polar surface area (TPSA) is 21.3 Å². The molecule has 0 amide bonds. The lowest BCUT2D eigenvalue weighted by Crippen LogP contribution is -2.10. The van der Waals surface area contributed by atoms with Crippen molar-refractivity contribution < 1.29 is 4.42 Å². The fourth-order valence-electron chi connectivity index (χ4n) is 10.0. The largest absolute Gasteiger partial charge is 0.455 e. The van der Waals surface area contributed by atoms with Gasteiger partial charge in [-0.05, 0) is 128 Å². The molecule has 0 spiro atoms. The first kappa shape index (κ1) is 36.9. The van der Waals surface area contributed by atoms with Crippen LogP contribution in [0.1, 0.15) is 0 Å². The Morgan fingerprint density at radius 1 is 0.308 bits per heavy atom. The number of furan rings is 1. The Hall–Kier alpha value is -8.66. The van der Waals surface area contributed by atoms with Crippen molar-refractivity contribution in [2.45, 2.75) is 0 Å². The van der Waals surface area contributed by atoms with Crippen LogP contribution in [0.15, 0.2) is 247 Å². The van der Waals surface area contributed by atoms with E-state index < -0.39 is 0 Å². The van der Waals surface area contributed by atoms with E-state index in [-0.39, 0.29) is 0 Å². The van der Waals surface area contributed by atoms with Crippen molar-refractivity contribution in [1.82, 2.24) is 4.57 Å². The van der Waals surface area contributed by atoms with E-state index in [4.69, 9.17) is 4.42 Å². The molecular weight excluding hydrogens is 789 g/mol. The molecule has 13 rings (SSSR count). The predicted molar refractivity (Wildman–Crippen MR) is 274 cm³/mol. The van der Waals surface area contributed by atoms with Crippen LogP contribution in [0.3, 0.4) is 0 Å². The SMILES string of the molecule is c1ccc(-c2cccc3c2oc2ccc(-c4ccc(N(c5ccc(-c6ccc7ccc8ccccc8c7c6)cc5)c5ccc6c(c5)c5ccccc5n6-c5ccccc5)cc4)cc23)cc1. The lowest BCUT2D eigenvalue weighted by Gasteiger charge is -2.26. The number of para-hydroxylation sites is 3. The van der Waals surface area contributed by atoms with Gasteiger partial charge in [0.25, 0.3) is 0 Å². The van der Waals surface area contributed by atoms with Gasteiger partial charge in [-0.3, -0.25) is 0 Å². The van der Waals surface area contributed by atoms with Crippen LogP contribution in [-0.4, -0.2) is 4.57 Å². The van der Waals surface area contributed by atoms with Crippen molar-refractivity contribution >= 4 is 82.4 Å². The van der Waals surface area contributed by atoms with Crippen molar-refractivity contribution in [3.05, 3.63) is 243 Å². The molecule has 0 unspecified atom stereocenters. The average Bonchev–Trinajstić information content (AvgIpc) is 3.92. The van der Waals surface area contributed by atoms with Crippen LogP contribution in [0.5, 0.6) is 0 Å². The summed E-state index contributed by atoms with van der Waals surface area (Å²) in [5, 5.41) is 9.71. The van der Waals surface area contributed by atoms with E-state index in [0.717, 1.165) is 66.9 Å². The molecule has 304 valence electrons. The van der Waals surface area contributed by atoms with Gasteiger partial charge in [0.05, 0.1) is 11.0 Å². The summed E-state index contributed by atoms with van der Waals surface area (Å²) in [6, 6.07) is 87.7. The number of anilines is 3. The second kappa shape index (κ2) is 15.0. The van der Waals surface area contributed by atoms with Crippen molar-refractivity contribution in [3.63, 3.8) is 0 Å². The van der Waals surface area contributed by atoms with Crippen LogP contribution in [0.2, 0.25) is 0 Å². The van der Waals surface area contributed by atoms with E-state index in [2.05, 4.69) is 246 Å². The maximum Gasteiger partial charge on any atom is 0.143 e. The third-order valence-corrected chi connectivity index (χ3v) is 13.2. The third kappa shape index (κ3) is 6.20. The number of aromatic nitrogens is 1. The van der Waals surface area contributed by atoms with Gasteiger partial charge in [0.2, 0.25) is 0 Å². The summed E-state index contributed by atoms with van der Waals surface area (Å²) in [7, 11) is 0. The Bertz CT molecular complexity index is 3920. The first-order valence-corrected chi connectivity index (χ1v) is 22.2. The van der Waals surface area contributed by atoms with Crippen molar-refractivity contribution in [3.8, 4) is 39.1 Å². The van der Waals surface area contributed by atoms with Gasteiger partial charge in [-0.15, -0.1) is 0 Å². The summed E-state index contributed by atoms with van der Waals surface area (Å²) >= 11 is 0. The maximum atomic E-state index is 6.53. The average molecular weight is 829 g/mol. The smallest absolute Gasteiger partial charge is 0.143 e. The van der Waals surface area contributed by atoms with Crippen molar-refractivity contribution in [2.24, 2.45) is 0 Å². The lowest BCUT2D eigenvalue weighted by molar-refractivity contribution is 0.670. The van der Waals surface area contributed by atoms with Crippen LogP contribution in [0.25, 0.3) is 104 Å². The zero-order valence-corrected chi connectivity index (χ0v) is 35.4. The number of hydrogen-bond acceptors (Lipinski definition) is 2. The molecule has 0 atom stereocenters. The van der Waals surface area contributed by atoms with Crippen LogP contribution in [0, 0.1) is 0 Å². The molecule has 2 aromatic heterocycles. The van der Waals surface area contributed by atoms with E-state index in [1.165, 1.54) is 54.5 Å². The molecule has 0 bridgehead atoms. The summed E-state index contributed by atoms with van der Waals surface area (Å²) < 4.78 is 8.90. The highest BCUT2D eigenvalue weighted by atomic mass is 16.3. The van der Waals surface area contributed by atoms with Gasteiger partial charge in [-0.1, -0.05) is 164 Å². The minimum Gasteiger partial charge on any atom is -0.455 e. The standard InChI is InChI=1S/C62H40N2O/c1-3-12-43(13-4-1)53-19-11-20-55-58-39-47(30-37-61(58)65-62(53)55)42-28-33-50(34-29-42)63(51-35-36-60-57(40-51)54-18-9-10-21-59(54)64(60)48-15-5-2-6-16-48)49-31-26-41(27-32-49)46-25-24-45-23-22-44-14-7-8-17-52(44)56(45)38-46/h1-40H. The molecule has 0 N–H and O–H groups in total. The van der Waals surface area contributed by atoms with Crippen LogP contribution < -0.4 is 4.90 Å². The van der Waals surface area contributed by atoms with Gasteiger partial charge in [-0.2, -0.15) is 0 Å². The Balaban J connectivity index is 0.922. The second-order valence-electron chi connectivity index (χ2n) is 16.9. The Kier molecular flexibility index (Phi) is 8.53. The van der Waals surface area contributed by atoms with Gasteiger partial charge >= 0.3 is 0 Å². The highest BCUT2D eigenvalue weighted by Gasteiger charge is 2.19. The predicted octanol–water partition coefficient (Wildman–Crippen LogP) is 17.5. The van der Waals surface area contributed by atoms with Gasteiger partial charge < -0.3 is 13.9 Å². The molecule has 0 saturated heterocycles. The number of fused-ring (bicyclic) bond motifs is 9. The van der Waals surface area contributed by atoms with Crippen LogP contribution in [-0.2, 0) is 0 Å². The van der Waals surface area contributed by atoms with E-state index in [9.17, 15) is 0 Å². The van der Waals surface area contributed by atoms with Crippen LogP contribution in [0.4, 0.5) is 17.1 Å². The Morgan fingerprint density at radius 3 is 1.62 bits per heavy atom. The fraction of sp³-hybridized carbons (Fsp3) is 0. The fourth-order valence-corrected chi connectivity index (χ4v) is 10.0. The molecule has 0 fully saturated rings. The second-order valence-corrected chi connectivity index (χ2v) is 16.9. The molecule has 11 aromatic carbocycles. The number of rotatable bonds is 7. The summed E-state index contributed by atoms with van der Waals surface area (Å²) in [6.45, 7) is 0. The lowest BCUT2D eigenvalue weighted by atomic mass is 9.97. The minimum absolute atomic E-state index is 0.888. The van der Waals surface area contributed by atoms with E-state index in [1.54, 1.807) is 0 Å². The number of hydrogen-bond donors (Lipinski definition) is 0. The van der Waals surface area contributed by atoms with E-state index in [1.807, 2.05) is 6.07 Å². The molecule has 13 aromatic rings. The summed E-state index contributed by atoms with van der Waals surface area (Å²) in [6.07, 6.45) is 0. The maximum absolute atomic E-state index is 6.53. The highest BCUT2D eigenvalue weighted by Crippen LogP contribution is 2.42. The molecule has 2 heterocycles.